The van der Waals surface area contributed by atoms with E-state index in [1.165, 1.54) is 0 Å². The van der Waals surface area contributed by atoms with Crippen LogP contribution in [-0.4, -0.2) is 22.8 Å². The summed E-state index contributed by atoms with van der Waals surface area (Å²) in [6.45, 7) is 2.38. The Bertz CT molecular complexity index is 581. The molecule has 0 saturated carbocycles. The van der Waals surface area contributed by atoms with Gasteiger partial charge in [0.2, 0.25) is 0 Å². The number of nitrogens with two attached hydrogens (primary N) is 1. The molecule has 0 spiro atoms. The molecule has 0 atom stereocenters. The quantitative estimate of drug-likeness (QED) is 0.856. The molecular weight excluding hydrogens is 238 g/mol. The van der Waals surface area contributed by atoms with Gasteiger partial charge in [-0.2, -0.15) is 0 Å². The fraction of sp³-hybridized carbons (Fsp3) is 0.200. The summed E-state index contributed by atoms with van der Waals surface area (Å²) in [7, 11) is 1.76. The summed E-state index contributed by atoms with van der Waals surface area (Å²) >= 11 is 0. The van der Waals surface area contributed by atoms with E-state index in [0.717, 1.165) is 11.3 Å². The van der Waals surface area contributed by atoms with Crippen LogP contribution in [0.4, 0.5) is 5.69 Å². The Hall–Kier alpha value is -2.36. The van der Waals surface area contributed by atoms with Gasteiger partial charge in [0.05, 0.1) is 12.2 Å². The highest BCUT2D eigenvalue weighted by Crippen LogP contribution is 2.15. The van der Waals surface area contributed by atoms with Gasteiger partial charge in [0.1, 0.15) is 0 Å². The molecule has 2 N–H and O–H groups in total. The molecule has 0 saturated heterocycles. The number of hydrogen-bond acceptors (Lipinski definition) is 3. The highest BCUT2D eigenvalue weighted by atomic mass is 16.2. The molecule has 1 amide bonds. The van der Waals surface area contributed by atoms with Gasteiger partial charge in [-0.15, -0.1) is 0 Å². The van der Waals surface area contributed by atoms with Crippen LogP contribution in [0.5, 0.6) is 0 Å². The third kappa shape index (κ3) is 3.10. The fourth-order valence-electron chi connectivity index (χ4n) is 1.88. The van der Waals surface area contributed by atoms with E-state index < -0.39 is 0 Å². The van der Waals surface area contributed by atoms with Crippen LogP contribution in [0, 0.1) is 6.92 Å². The Kier molecular flexibility index (Phi) is 3.80. The van der Waals surface area contributed by atoms with Gasteiger partial charge in [0.15, 0.2) is 0 Å². The third-order valence-electron chi connectivity index (χ3n) is 2.96. The Morgan fingerprint density at radius 3 is 2.79 bits per heavy atom. The summed E-state index contributed by atoms with van der Waals surface area (Å²) in [5.41, 5.74) is 8.75. The number of carbonyl (C=O) groups excluding carboxylic acids is 1. The first kappa shape index (κ1) is 13.1. The van der Waals surface area contributed by atoms with Crippen LogP contribution in [0.3, 0.4) is 0 Å². The molecule has 1 heterocycles. The Balaban J connectivity index is 2.17. The van der Waals surface area contributed by atoms with Gasteiger partial charge in [0, 0.05) is 24.5 Å². The van der Waals surface area contributed by atoms with Gasteiger partial charge in [-0.05, 0) is 36.8 Å². The molecule has 0 bridgehead atoms. The van der Waals surface area contributed by atoms with Crippen molar-refractivity contribution in [2.75, 3.05) is 12.8 Å². The lowest BCUT2D eigenvalue weighted by Crippen LogP contribution is -2.27. The molecule has 19 heavy (non-hydrogen) atoms. The molecule has 4 heteroatoms. The monoisotopic (exact) mass is 255 g/mol. The van der Waals surface area contributed by atoms with Crippen LogP contribution in [0.25, 0.3) is 0 Å². The van der Waals surface area contributed by atoms with Crippen LogP contribution in [-0.2, 0) is 6.54 Å². The Morgan fingerprint density at radius 1 is 1.32 bits per heavy atom. The van der Waals surface area contributed by atoms with E-state index in [2.05, 4.69) is 4.98 Å². The molecule has 0 unspecified atom stereocenters. The van der Waals surface area contributed by atoms with Gasteiger partial charge >= 0.3 is 0 Å². The van der Waals surface area contributed by atoms with Crippen molar-refractivity contribution in [3.8, 4) is 0 Å². The maximum Gasteiger partial charge on any atom is 0.254 e. The number of pyridine rings is 1. The molecule has 0 fully saturated rings. The van der Waals surface area contributed by atoms with E-state index in [-0.39, 0.29) is 5.91 Å². The second-order valence-corrected chi connectivity index (χ2v) is 4.56. The first-order valence-electron chi connectivity index (χ1n) is 6.09. The SMILES string of the molecule is Cc1ccc(N)cc1C(=O)N(C)Cc1ccccn1. The largest absolute Gasteiger partial charge is 0.399 e. The van der Waals surface area contributed by atoms with Crippen molar-refractivity contribution in [2.24, 2.45) is 0 Å². The van der Waals surface area contributed by atoms with E-state index in [1.807, 2.05) is 31.2 Å². The van der Waals surface area contributed by atoms with Gasteiger partial charge < -0.3 is 10.6 Å². The summed E-state index contributed by atoms with van der Waals surface area (Å²) in [4.78, 5) is 18.2. The standard InChI is InChI=1S/C15H17N3O/c1-11-6-7-12(16)9-14(11)15(19)18(2)10-13-5-3-4-8-17-13/h3-9H,10,16H2,1-2H3. The first-order valence-corrected chi connectivity index (χ1v) is 6.09. The van der Waals surface area contributed by atoms with Crippen molar-refractivity contribution >= 4 is 11.6 Å². The molecule has 2 rings (SSSR count). The van der Waals surface area contributed by atoms with Gasteiger partial charge in [-0.3, -0.25) is 9.78 Å². The topological polar surface area (TPSA) is 59.2 Å². The highest BCUT2D eigenvalue weighted by molar-refractivity contribution is 5.96. The highest BCUT2D eigenvalue weighted by Gasteiger charge is 2.14. The van der Waals surface area contributed by atoms with Crippen LogP contribution in [0.1, 0.15) is 21.6 Å². The number of rotatable bonds is 3. The Labute approximate surface area is 112 Å². The van der Waals surface area contributed by atoms with E-state index in [9.17, 15) is 4.79 Å². The number of nitrogen functional groups attached to an aromatic ring is 1. The molecule has 0 aliphatic rings. The second-order valence-electron chi connectivity index (χ2n) is 4.56. The molecular formula is C15H17N3O. The number of anilines is 1. The predicted octanol–water partition coefficient (Wildman–Crippen LogP) is 2.24. The second kappa shape index (κ2) is 5.52. The van der Waals surface area contributed by atoms with Gasteiger partial charge in [0.25, 0.3) is 5.91 Å². The van der Waals surface area contributed by atoms with Gasteiger partial charge in [-0.25, -0.2) is 0 Å². The zero-order valence-corrected chi connectivity index (χ0v) is 11.1. The zero-order chi connectivity index (χ0) is 13.8. The lowest BCUT2D eigenvalue weighted by atomic mass is 10.1. The fourth-order valence-corrected chi connectivity index (χ4v) is 1.88. The minimum atomic E-state index is -0.0459. The van der Waals surface area contributed by atoms with Crippen molar-refractivity contribution in [3.05, 3.63) is 59.4 Å². The molecule has 1 aromatic carbocycles. The maximum atomic E-state index is 12.4. The number of aryl methyl sites for hydroxylation is 1. The third-order valence-corrected chi connectivity index (χ3v) is 2.96. The van der Waals surface area contributed by atoms with E-state index in [1.54, 1.807) is 30.3 Å². The van der Waals surface area contributed by atoms with Crippen molar-refractivity contribution in [1.29, 1.82) is 0 Å². The number of benzene rings is 1. The minimum Gasteiger partial charge on any atom is -0.399 e. The van der Waals surface area contributed by atoms with Crippen LogP contribution < -0.4 is 5.73 Å². The van der Waals surface area contributed by atoms with E-state index in [4.69, 9.17) is 5.73 Å². The summed E-state index contributed by atoms with van der Waals surface area (Å²) in [5.74, 6) is -0.0459. The lowest BCUT2D eigenvalue weighted by Gasteiger charge is -2.18. The van der Waals surface area contributed by atoms with E-state index in [0.29, 0.717) is 17.8 Å². The summed E-state index contributed by atoms with van der Waals surface area (Å²) in [6.07, 6.45) is 1.72. The van der Waals surface area contributed by atoms with Crippen molar-refractivity contribution < 1.29 is 4.79 Å². The summed E-state index contributed by atoms with van der Waals surface area (Å²) in [5, 5.41) is 0. The van der Waals surface area contributed by atoms with Crippen LogP contribution in [0.15, 0.2) is 42.6 Å². The number of amides is 1. The van der Waals surface area contributed by atoms with E-state index >= 15 is 0 Å². The average Bonchev–Trinajstić information content (AvgIpc) is 2.42. The minimum absolute atomic E-state index is 0.0459. The summed E-state index contributed by atoms with van der Waals surface area (Å²) in [6, 6.07) is 11.0. The van der Waals surface area contributed by atoms with Crippen molar-refractivity contribution in [2.45, 2.75) is 13.5 Å². The van der Waals surface area contributed by atoms with Gasteiger partial charge in [-0.1, -0.05) is 12.1 Å². The predicted molar refractivity (Wildman–Crippen MR) is 75.6 cm³/mol. The number of aromatic nitrogens is 1. The molecule has 0 radical (unpaired) electrons. The molecule has 0 aliphatic heterocycles. The Morgan fingerprint density at radius 2 is 2.11 bits per heavy atom. The van der Waals surface area contributed by atoms with Crippen LogP contribution in [0.2, 0.25) is 0 Å². The first-order chi connectivity index (χ1) is 9.08. The number of carbonyl (C=O) groups is 1. The lowest BCUT2D eigenvalue weighted by molar-refractivity contribution is 0.0782. The van der Waals surface area contributed by atoms with Crippen LogP contribution >= 0.6 is 0 Å². The maximum absolute atomic E-state index is 12.4. The average molecular weight is 255 g/mol. The number of nitrogens with zero attached hydrogens (tertiary/aromatic N) is 2. The molecule has 2 aromatic rings. The molecule has 0 aliphatic carbocycles. The van der Waals surface area contributed by atoms with Crippen molar-refractivity contribution in [3.63, 3.8) is 0 Å². The normalized spacial score (nSPS) is 10.2. The zero-order valence-electron chi connectivity index (χ0n) is 11.1. The summed E-state index contributed by atoms with van der Waals surface area (Å²) < 4.78 is 0. The molecule has 4 nitrogen and oxygen atoms in total. The number of hydrogen-bond donors (Lipinski definition) is 1. The smallest absolute Gasteiger partial charge is 0.254 e. The molecule has 98 valence electrons. The van der Waals surface area contributed by atoms with Crippen molar-refractivity contribution in [1.82, 2.24) is 9.88 Å². The molecule has 1 aromatic heterocycles.